The lowest BCUT2D eigenvalue weighted by atomic mass is 10.1. The van der Waals surface area contributed by atoms with Crippen LogP contribution in [0.25, 0.3) is 10.2 Å². The molecule has 0 spiro atoms. The summed E-state index contributed by atoms with van der Waals surface area (Å²) in [7, 11) is 0. The molecule has 0 bridgehead atoms. The number of nitrogens with one attached hydrogen (secondary N) is 1. The minimum atomic E-state index is -0.524. The van der Waals surface area contributed by atoms with Gasteiger partial charge in [-0.1, -0.05) is 29.5 Å². The normalized spacial score (nSPS) is 17.8. The Labute approximate surface area is 147 Å². The lowest BCUT2D eigenvalue weighted by Crippen LogP contribution is -2.31. The zero-order valence-electron chi connectivity index (χ0n) is 13.2. The summed E-state index contributed by atoms with van der Waals surface area (Å²) < 4.78 is 17.8. The molecule has 1 N–H and O–H groups in total. The highest BCUT2D eigenvalue weighted by atomic mass is 32.1. The Balaban J connectivity index is 1.36. The van der Waals surface area contributed by atoms with Crippen molar-refractivity contribution in [2.24, 2.45) is 0 Å². The molecule has 0 fully saturated rings. The van der Waals surface area contributed by atoms with E-state index in [0.29, 0.717) is 30.5 Å². The van der Waals surface area contributed by atoms with Crippen LogP contribution in [0.5, 0.6) is 17.2 Å². The van der Waals surface area contributed by atoms with Crippen LogP contribution in [0.4, 0.5) is 5.13 Å². The number of carbonyl (C=O) groups excluding carboxylic acids is 1. The maximum atomic E-state index is 12.5. The van der Waals surface area contributed by atoms with Crippen LogP contribution in [0, 0.1) is 0 Å². The molecule has 126 valence electrons. The fraction of sp³-hybridized carbons (Fsp3) is 0.222. The number of rotatable bonds is 2. The summed E-state index contributed by atoms with van der Waals surface area (Å²) >= 11 is 1.41. The van der Waals surface area contributed by atoms with E-state index in [1.807, 2.05) is 36.4 Å². The summed E-state index contributed by atoms with van der Waals surface area (Å²) in [5, 5.41) is 3.40. The van der Waals surface area contributed by atoms with Crippen molar-refractivity contribution < 1.29 is 19.0 Å². The number of fused-ring (bicyclic) bond motifs is 3. The quantitative estimate of drug-likeness (QED) is 0.766. The van der Waals surface area contributed by atoms with Crippen LogP contribution in [0.15, 0.2) is 36.4 Å². The largest absolute Gasteiger partial charge is 0.486 e. The van der Waals surface area contributed by atoms with Crippen molar-refractivity contribution in [3.05, 3.63) is 42.0 Å². The molecule has 3 heterocycles. The fourth-order valence-corrected chi connectivity index (χ4v) is 3.91. The Morgan fingerprint density at radius 2 is 1.92 bits per heavy atom. The Morgan fingerprint density at radius 1 is 1.12 bits per heavy atom. The molecule has 1 unspecified atom stereocenters. The zero-order chi connectivity index (χ0) is 16.8. The number of amides is 1. The molecule has 0 aliphatic carbocycles. The smallest absolute Gasteiger partial charge is 0.267 e. The first-order chi connectivity index (χ1) is 12.3. The Hall–Kier alpha value is -2.80. The van der Waals surface area contributed by atoms with Crippen molar-refractivity contribution in [3.8, 4) is 17.2 Å². The van der Waals surface area contributed by atoms with E-state index in [2.05, 4.69) is 10.3 Å². The SMILES string of the molecule is O=C(Nc1nc2cc3c(cc2s1)OCCO3)C1Cc2ccccc2O1. The third-order valence-electron chi connectivity index (χ3n) is 4.22. The second-order valence-electron chi connectivity index (χ2n) is 5.89. The molecular formula is C18H14N2O4S. The highest BCUT2D eigenvalue weighted by Crippen LogP contribution is 2.38. The van der Waals surface area contributed by atoms with Gasteiger partial charge < -0.3 is 14.2 Å². The monoisotopic (exact) mass is 354 g/mol. The molecule has 1 amide bonds. The Kier molecular flexibility index (Phi) is 3.27. The van der Waals surface area contributed by atoms with Gasteiger partial charge in [-0.05, 0) is 11.6 Å². The topological polar surface area (TPSA) is 69.7 Å². The van der Waals surface area contributed by atoms with Gasteiger partial charge in [-0.3, -0.25) is 10.1 Å². The number of anilines is 1. The van der Waals surface area contributed by atoms with Crippen molar-refractivity contribution in [3.63, 3.8) is 0 Å². The number of nitrogens with zero attached hydrogens (tertiary/aromatic N) is 1. The van der Waals surface area contributed by atoms with E-state index in [4.69, 9.17) is 14.2 Å². The van der Waals surface area contributed by atoms with Gasteiger partial charge in [0.2, 0.25) is 0 Å². The summed E-state index contributed by atoms with van der Waals surface area (Å²) in [5.74, 6) is 1.99. The minimum absolute atomic E-state index is 0.187. The van der Waals surface area contributed by atoms with Crippen molar-refractivity contribution in [2.75, 3.05) is 18.5 Å². The van der Waals surface area contributed by atoms with Crippen molar-refractivity contribution >= 4 is 32.6 Å². The Bertz CT molecular complexity index is 916. The number of carbonyl (C=O) groups is 1. The molecule has 0 saturated heterocycles. The number of benzene rings is 2. The van der Waals surface area contributed by atoms with Crippen LogP contribution in [0.3, 0.4) is 0 Å². The fourth-order valence-electron chi connectivity index (χ4n) is 3.03. The van der Waals surface area contributed by atoms with Gasteiger partial charge in [0.1, 0.15) is 19.0 Å². The molecule has 1 atom stereocenters. The number of ether oxygens (including phenoxy) is 3. The van der Waals surface area contributed by atoms with Crippen LogP contribution < -0.4 is 19.5 Å². The van der Waals surface area contributed by atoms with E-state index in [9.17, 15) is 4.79 Å². The predicted octanol–water partition coefficient (Wildman–Crippen LogP) is 3.01. The Morgan fingerprint density at radius 3 is 2.76 bits per heavy atom. The van der Waals surface area contributed by atoms with Crippen LogP contribution in [-0.2, 0) is 11.2 Å². The van der Waals surface area contributed by atoms with Gasteiger partial charge in [-0.15, -0.1) is 0 Å². The van der Waals surface area contributed by atoms with E-state index >= 15 is 0 Å². The molecular weight excluding hydrogens is 340 g/mol. The predicted molar refractivity (Wildman–Crippen MR) is 93.8 cm³/mol. The van der Waals surface area contributed by atoms with Gasteiger partial charge in [-0.25, -0.2) is 4.98 Å². The number of aromatic nitrogens is 1. The van der Waals surface area contributed by atoms with E-state index < -0.39 is 6.10 Å². The first-order valence-electron chi connectivity index (χ1n) is 8.02. The second kappa shape index (κ2) is 5.63. The average molecular weight is 354 g/mol. The summed E-state index contributed by atoms with van der Waals surface area (Å²) in [6.07, 6.45) is 0.0485. The van der Waals surface area contributed by atoms with Gasteiger partial charge >= 0.3 is 0 Å². The lowest BCUT2D eigenvalue weighted by Gasteiger charge is -2.17. The molecule has 2 aliphatic rings. The minimum Gasteiger partial charge on any atom is -0.486 e. The van der Waals surface area contributed by atoms with Crippen LogP contribution in [0.1, 0.15) is 5.56 Å². The molecule has 2 aliphatic heterocycles. The number of para-hydroxylation sites is 1. The van der Waals surface area contributed by atoms with Gasteiger partial charge in [-0.2, -0.15) is 0 Å². The molecule has 6 nitrogen and oxygen atoms in total. The summed E-state index contributed by atoms with van der Waals surface area (Å²) in [5.41, 5.74) is 1.83. The van der Waals surface area contributed by atoms with Crippen molar-refractivity contribution in [2.45, 2.75) is 12.5 Å². The molecule has 7 heteroatoms. The van der Waals surface area contributed by atoms with E-state index in [-0.39, 0.29) is 5.91 Å². The van der Waals surface area contributed by atoms with Gasteiger partial charge in [0.15, 0.2) is 22.7 Å². The summed E-state index contributed by atoms with van der Waals surface area (Å²) in [4.78, 5) is 17.0. The molecule has 3 aromatic rings. The second-order valence-corrected chi connectivity index (χ2v) is 6.92. The van der Waals surface area contributed by atoms with Crippen LogP contribution in [-0.4, -0.2) is 30.2 Å². The summed E-state index contributed by atoms with van der Waals surface area (Å²) in [6.45, 7) is 1.08. The molecule has 0 radical (unpaired) electrons. The zero-order valence-corrected chi connectivity index (χ0v) is 14.0. The maximum Gasteiger partial charge on any atom is 0.267 e. The average Bonchev–Trinajstić information content (AvgIpc) is 3.22. The number of hydrogen-bond donors (Lipinski definition) is 1. The van der Waals surface area contributed by atoms with Crippen LogP contribution in [0.2, 0.25) is 0 Å². The third kappa shape index (κ3) is 2.56. The van der Waals surface area contributed by atoms with E-state index in [1.165, 1.54) is 11.3 Å². The lowest BCUT2D eigenvalue weighted by molar-refractivity contribution is -0.122. The first-order valence-corrected chi connectivity index (χ1v) is 8.83. The van der Waals surface area contributed by atoms with Gasteiger partial charge in [0.05, 0.1) is 10.2 Å². The summed E-state index contributed by atoms with van der Waals surface area (Å²) in [6, 6.07) is 11.5. The molecule has 25 heavy (non-hydrogen) atoms. The molecule has 1 aromatic heterocycles. The van der Waals surface area contributed by atoms with E-state index in [0.717, 1.165) is 27.3 Å². The highest BCUT2D eigenvalue weighted by Gasteiger charge is 2.29. The maximum absolute atomic E-state index is 12.5. The van der Waals surface area contributed by atoms with E-state index in [1.54, 1.807) is 0 Å². The van der Waals surface area contributed by atoms with Crippen LogP contribution >= 0.6 is 11.3 Å². The van der Waals surface area contributed by atoms with Crippen molar-refractivity contribution in [1.29, 1.82) is 0 Å². The number of thiazole rings is 1. The first kappa shape index (κ1) is 14.5. The third-order valence-corrected chi connectivity index (χ3v) is 5.16. The van der Waals surface area contributed by atoms with Gasteiger partial charge in [0.25, 0.3) is 5.91 Å². The van der Waals surface area contributed by atoms with Gasteiger partial charge in [0, 0.05) is 18.6 Å². The number of hydrogen-bond acceptors (Lipinski definition) is 6. The molecule has 0 saturated carbocycles. The highest BCUT2D eigenvalue weighted by molar-refractivity contribution is 7.22. The van der Waals surface area contributed by atoms with Crippen molar-refractivity contribution in [1.82, 2.24) is 4.98 Å². The molecule has 5 rings (SSSR count). The molecule has 2 aromatic carbocycles. The standard InChI is InChI=1S/C18H14N2O4S/c21-17(15-7-10-3-1-2-4-12(10)24-15)20-18-19-11-8-13-14(9-16(11)25-18)23-6-5-22-13/h1-4,8-9,15H,5-7H2,(H,19,20,21).